The molecule has 2 saturated heterocycles. The lowest BCUT2D eigenvalue weighted by molar-refractivity contribution is -0.123. The van der Waals surface area contributed by atoms with Crippen LogP contribution in [0.25, 0.3) is 10.2 Å². The van der Waals surface area contributed by atoms with Crippen LogP contribution in [0.1, 0.15) is 36.0 Å². The Kier molecular flexibility index (Phi) is 8.68. The zero-order valence-electron chi connectivity index (χ0n) is 23.1. The number of carbonyl (C=O) groups excluding carboxylic acids is 1. The summed E-state index contributed by atoms with van der Waals surface area (Å²) in [5.41, 5.74) is 4.31. The Bertz CT molecular complexity index is 1410. The van der Waals surface area contributed by atoms with Crippen molar-refractivity contribution in [2.75, 3.05) is 57.4 Å². The fourth-order valence-corrected chi connectivity index (χ4v) is 7.86. The summed E-state index contributed by atoms with van der Waals surface area (Å²) in [4.78, 5) is 23.5. The third-order valence-electron chi connectivity index (χ3n) is 7.99. The van der Waals surface area contributed by atoms with Crippen molar-refractivity contribution in [3.8, 4) is 0 Å². The van der Waals surface area contributed by atoms with Gasteiger partial charge in [-0.05, 0) is 69.4 Å². The Morgan fingerprint density at radius 2 is 1.72 bits per heavy atom. The molecule has 39 heavy (non-hydrogen) atoms. The molecule has 0 aliphatic carbocycles. The monoisotopic (exact) mass is 570 g/mol. The minimum Gasteiger partial charge on any atom is -0.379 e. The molecule has 2 aromatic carbocycles. The summed E-state index contributed by atoms with van der Waals surface area (Å²) in [5, 5.41) is 0.736. The number of morpholine rings is 1. The number of nitrogens with zero attached hydrogens (tertiary/aromatic N) is 4. The van der Waals surface area contributed by atoms with Gasteiger partial charge in [0, 0.05) is 45.2 Å². The van der Waals surface area contributed by atoms with Crippen LogP contribution in [-0.2, 0) is 19.6 Å². The number of anilines is 1. The van der Waals surface area contributed by atoms with E-state index in [-0.39, 0.29) is 11.8 Å². The van der Waals surface area contributed by atoms with E-state index in [9.17, 15) is 13.2 Å². The molecule has 3 aromatic rings. The van der Waals surface area contributed by atoms with E-state index in [1.54, 1.807) is 23.5 Å². The number of hydrogen-bond acceptors (Lipinski definition) is 7. The van der Waals surface area contributed by atoms with E-state index >= 15 is 0 Å². The standard InChI is InChI=1S/C29H38N4O4S2/c1-21-5-8-25(9-6-21)39(35,36)32-15-11-24(12-16-32)28(34)33(14-4-13-31-17-19-37-20-18-31)29-30-27-23(3)22(2)7-10-26(27)38-29/h5-10,24H,4,11-20H2,1-3H3. The van der Waals surface area contributed by atoms with Crippen LogP contribution in [0.3, 0.4) is 0 Å². The number of rotatable bonds is 8. The van der Waals surface area contributed by atoms with Crippen LogP contribution in [-0.4, -0.2) is 81.0 Å². The van der Waals surface area contributed by atoms with Gasteiger partial charge in [0.25, 0.3) is 0 Å². The van der Waals surface area contributed by atoms with Crippen LogP contribution in [0.2, 0.25) is 0 Å². The second kappa shape index (κ2) is 12.0. The molecule has 8 nitrogen and oxygen atoms in total. The number of fused-ring (bicyclic) bond motifs is 1. The smallest absolute Gasteiger partial charge is 0.243 e. The van der Waals surface area contributed by atoms with Crippen molar-refractivity contribution >= 4 is 42.6 Å². The van der Waals surface area contributed by atoms with Crippen molar-refractivity contribution in [2.45, 2.75) is 44.9 Å². The Morgan fingerprint density at radius 1 is 1.03 bits per heavy atom. The maximum absolute atomic E-state index is 14.0. The van der Waals surface area contributed by atoms with Gasteiger partial charge in [0.15, 0.2) is 5.13 Å². The molecule has 2 aliphatic heterocycles. The van der Waals surface area contributed by atoms with E-state index in [0.29, 0.717) is 37.4 Å². The first-order chi connectivity index (χ1) is 18.7. The first-order valence-corrected chi connectivity index (χ1v) is 16.0. The van der Waals surface area contributed by atoms with E-state index in [4.69, 9.17) is 9.72 Å². The minimum absolute atomic E-state index is 0.0535. The molecule has 1 aromatic heterocycles. The van der Waals surface area contributed by atoms with Gasteiger partial charge in [0.1, 0.15) is 0 Å². The summed E-state index contributed by atoms with van der Waals surface area (Å²) in [7, 11) is -3.57. The minimum atomic E-state index is -3.57. The molecule has 0 spiro atoms. The van der Waals surface area contributed by atoms with Gasteiger partial charge in [-0.3, -0.25) is 14.6 Å². The number of sulfonamides is 1. The first-order valence-electron chi connectivity index (χ1n) is 13.8. The molecule has 0 bridgehead atoms. The highest BCUT2D eigenvalue weighted by Gasteiger charge is 2.35. The maximum atomic E-state index is 14.0. The number of aryl methyl sites for hydroxylation is 3. The number of amides is 1. The highest BCUT2D eigenvalue weighted by Crippen LogP contribution is 2.34. The van der Waals surface area contributed by atoms with Gasteiger partial charge >= 0.3 is 0 Å². The predicted octanol–water partition coefficient (Wildman–Crippen LogP) is 4.38. The fraction of sp³-hybridized carbons (Fsp3) is 0.517. The van der Waals surface area contributed by atoms with Crippen LogP contribution in [0.5, 0.6) is 0 Å². The van der Waals surface area contributed by atoms with Gasteiger partial charge in [-0.1, -0.05) is 35.1 Å². The maximum Gasteiger partial charge on any atom is 0.243 e. The number of aromatic nitrogens is 1. The van der Waals surface area contributed by atoms with Crippen molar-refractivity contribution < 1.29 is 17.9 Å². The molecule has 0 radical (unpaired) electrons. The van der Waals surface area contributed by atoms with Crippen molar-refractivity contribution in [1.29, 1.82) is 0 Å². The quantitative estimate of drug-likeness (QED) is 0.400. The first kappa shape index (κ1) is 28.2. The summed E-state index contributed by atoms with van der Waals surface area (Å²) in [6, 6.07) is 11.2. The van der Waals surface area contributed by atoms with Crippen LogP contribution < -0.4 is 4.90 Å². The molecule has 0 atom stereocenters. The number of hydrogen-bond donors (Lipinski definition) is 0. The molecule has 210 valence electrons. The summed E-state index contributed by atoms with van der Waals surface area (Å²) in [5.74, 6) is -0.175. The number of thiazole rings is 1. The van der Waals surface area contributed by atoms with Gasteiger partial charge in [0.05, 0.1) is 28.3 Å². The zero-order chi connectivity index (χ0) is 27.6. The normalized spacial score (nSPS) is 18.0. The highest BCUT2D eigenvalue weighted by molar-refractivity contribution is 7.89. The van der Waals surface area contributed by atoms with Crippen molar-refractivity contribution in [1.82, 2.24) is 14.2 Å². The van der Waals surface area contributed by atoms with Crippen molar-refractivity contribution in [3.05, 3.63) is 53.1 Å². The lowest BCUT2D eigenvalue weighted by Gasteiger charge is -2.33. The van der Waals surface area contributed by atoms with Crippen LogP contribution in [0.15, 0.2) is 41.3 Å². The molecule has 0 unspecified atom stereocenters. The molecule has 1 amide bonds. The molecule has 0 saturated carbocycles. The van der Waals surface area contributed by atoms with Gasteiger partial charge < -0.3 is 4.74 Å². The lowest BCUT2D eigenvalue weighted by Crippen LogP contribution is -2.45. The molecule has 2 fully saturated rings. The second-order valence-electron chi connectivity index (χ2n) is 10.6. The van der Waals surface area contributed by atoms with E-state index in [1.807, 2.05) is 24.0 Å². The van der Waals surface area contributed by atoms with Gasteiger partial charge in [-0.25, -0.2) is 13.4 Å². The van der Waals surface area contributed by atoms with E-state index in [2.05, 4.69) is 30.9 Å². The second-order valence-corrected chi connectivity index (χ2v) is 13.6. The molecular weight excluding hydrogens is 532 g/mol. The van der Waals surface area contributed by atoms with Gasteiger partial charge in [-0.2, -0.15) is 4.31 Å². The summed E-state index contributed by atoms with van der Waals surface area (Å²) >= 11 is 1.56. The molecule has 3 heterocycles. The molecule has 2 aliphatic rings. The third-order valence-corrected chi connectivity index (χ3v) is 10.9. The Morgan fingerprint density at radius 3 is 2.41 bits per heavy atom. The average Bonchev–Trinajstić information content (AvgIpc) is 3.38. The van der Waals surface area contributed by atoms with E-state index in [1.165, 1.54) is 9.87 Å². The number of piperidine rings is 1. The Hall–Kier alpha value is -2.37. The SMILES string of the molecule is Cc1ccc(S(=O)(=O)N2CCC(C(=O)N(CCCN3CCOCC3)c3nc4c(C)c(C)ccc4s3)CC2)cc1. The van der Waals surface area contributed by atoms with Crippen LogP contribution >= 0.6 is 11.3 Å². The van der Waals surface area contributed by atoms with E-state index < -0.39 is 10.0 Å². The van der Waals surface area contributed by atoms with Gasteiger partial charge in [-0.15, -0.1) is 0 Å². The average molecular weight is 571 g/mol. The summed E-state index contributed by atoms with van der Waals surface area (Å²) in [6.07, 6.45) is 1.86. The fourth-order valence-electron chi connectivity index (χ4n) is 5.33. The lowest BCUT2D eigenvalue weighted by atomic mass is 9.96. The molecule has 5 rings (SSSR count). The third kappa shape index (κ3) is 6.20. The van der Waals surface area contributed by atoms with E-state index in [0.717, 1.165) is 65.7 Å². The van der Waals surface area contributed by atoms with Crippen molar-refractivity contribution in [2.24, 2.45) is 5.92 Å². The van der Waals surface area contributed by atoms with Crippen LogP contribution in [0, 0.1) is 26.7 Å². The predicted molar refractivity (Wildman–Crippen MR) is 156 cm³/mol. The number of benzene rings is 2. The Labute approximate surface area is 235 Å². The Balaban J connectivity index is 1.31. The highest BCUT2D eigenvalue weighted by atomic mass is 32.2. The number of carbonyl (C=O) groups is 1. The van der Waals surface area contributed by atoms with Crippen LogP contribution in [0.4, 0.5) is 5.13 Å². The molecule has 0 N–H and O–H groups in total. The number of ether oxygens (including phenoxy) is 1. The summed E-state index contributed by atoms with van der Waals surface area (Å²) < 4.78 is 34.5. The zero-order valence-corrected chi connectivity index (χ0v) is 24.7. The van der Waals surface area contributed by atoms with Crippen molar-refractivity contribution in [3.63, 3.8) is 0 Å². The summed E-state index contributed by atoms with van der Waals surface area (Å²) in [6.45, 7) is 11.6. The molecule has 10 heteroatoms. The topological polar surface area (TPSA) is 83.1 Å². The largest absolute Gasteiger partial charge is 0.379 e. The van der Waals surface area contributed by atoms with Gasteiger partial charge in [0.2, 0.25) is 15.9 Å². The molecular formula is C29H38N4O4S2.